The first-order valence-electron chi connectivity index (χ1n) is 6.74. The maximum Gasteiger partial charge on any atom is 0.236 e. The predicted octanol–water partition coefficient (Wildman–Crippen LogP) is 4.06. The molecule has 0 fully saturated rings. The van der Waals surface area contributed by atoms with E-state index in [4.69, 9.17) is 4.52 Å². The molecule has 1 atom stereocenters. The molecule has 0 bridgehead atoms. The van der Waals surface area contributed by atoms with E-state index < -0.39 is 0 Å². The molecule has 1 N–H and O–H groups in total. The lowest BCUT2D eigenvalue weighted by Crippen LogP contribution is -2.04. The molecule has 4 rings (SSSR count). The Morgan fingerprint density at radius 1 is 1.10 bits per heavy atom. The predicted molar refractivity (Wildman–Crippen MR) is 84.2 cm³/mol. The fourth-order valence-corrected chi connectivity index (χ4v) is 3.09. The van der Waals surface area contributed by atoms with Crippen LogP contribution < -0.4 is 5.32 Å². The summed E-state index contributed by atoms with van der Waals surface area (Å²) >= 11 is 3.52. The Kier molecular flexibility index (Phi) is 3.00. The normalized spacial score (nSPS) is 16.5. The molecule has 1 aliphatic rings. The van der Waals surface area contributed by atoms with E-state index in [1.165, 1.54) is 5.56 Å². The summed E-state index contributed by atoms with van der Waals surface area (Å²) in [6, 6.07) is 16.1. The van der Waals surface area contributed by atoms with Gasteiger partial charge in [-0.05, 0) is 23.8 Å². The third-order valence-electron chi connectivity index (χ3n) is 3.69. The first kappa shape index (κ1) is 12.6. The highest BCUT2D eigenvalue weighted by Crippen LogP contribution is 2.36. The van der Waals surface area contributed by atoms with Crippen LogP contribution in [0.3, 0.4) is 0 Å². The molecule has 0 spiro atoms. The van der Waals surface area contributed by atoms with Crippen molar-refractivity contribution in [3.05, 3.63) is 64.5 Å². The van der Waals surface area contributed by atoms with Crippen LogP contribution in [0, 0.1) is 0 Å². The van der Waals surface area contributed by atoms with Crippen LogP contribution in [-0.2, 0) is 0 Å². The number of fused-ring (bicyclic) bond motifs is 1. The minimum atomic E-state index is 0.116. The van der Waals surface area contributed by atoms with Gasteiger partial charge in [-0.25, -0.2) is 0 Å². The minimum Gasteiger partial charge on any atom is -0.384 e. The summed E-state index contributed by atoms with van der Waals surface area (Å²) in [5.74, 6) is 1.38. The fraction of sp³-hybridized carbons (Fsp3) is 0.125. The maximum atomic E-state index is 5.49. The van der Waals surface area contributed by atoms with Crippen molar-refractivity contribution < 1.29 is 4.52 Å². The highest BCUT2D eigenvalue weighted by molar-refractivity contribution is 9.10. The van der Waals surface area contributed by atoms with Crippen molar-refractivity contribution in [1.82, 2.24) is 10.1 Å². The monoisotopic (exact) mass is 341 g/mol. The smallest absolute Gasteiger partial charge is 0.236 e. The lowest BCUT2D eigenvalue weighted by molar-refractivity contribution is 0.371. The van der Waals surface area contributed by atoms with Crippen LogP contribution >= 0.6 is 15.9 Å². The van der Waals surface area contributed by atoms with Crippen molar-refractivity contribution >= 4 is 21.6 Å². The number of para-hydroxylation sites is 1. The Bertz CT molecular complexity index is 799. The number of anilines is 1. The largest absolute Gasteiger partial charge is 0.384 e. The van der Waals surface area contributed by atoms with Crippen LogP contribution in [0.1, 0.15) is 17.4 Å². The van der Waals surface area contributed by atoms with E-state index in [1.807, 2.05) is 36.4 Å². The van der Waals surface area contributed by atoms with Crippen LogP contribution in [0.15, 0.2) is 57.5 Å². The summed E-state index contributed by atoms with van der Waals surface area (Å²) in [6.45, 7) is 0.789. The summed E-state index contributed by atoms with van der Waals surface area (Å²) < 4.78 is 6.45. The maximum absolute atomic E-state index is 5.49. The molecular weight excluding hydrogens is 330 g/mol. The Morgan fingerprint density at radius 2 is 1.90 bits per heavy atom. The zero-order valence-corrected chi connectivity index (χ0v) is 12.7. The van der Waals surface area contributed by atoms with Gasteiger partial charge in [0.1, 0.15) is 0 Å². The third kappa shape index (κ3) is 2.14. The van der Waals surface area contributed by atoms with Gasteiger partial charge in [0.25, 0.3) is 0 Å². The lowest BCUT2D eigenvalue weighted by atomic mass is 10.0. The fourth-order valence-electron chi connectivity index (χ4n) is 2.63. The van der Waals surface area contributed by atoms with Crippen molar-refractivity contribution in [2.45, 2.75) is 5.92 Å². The van der Waals surface area contributed by atoms with E-state index in [0.717, 1.165) is 22.3 Å². The average molecular weight is 342 g/mol. The summed E-state index contributed by atoms with van der Waals surface area (Å²) in [5.41, 5.74) is 3.29. The van der Waals surface area contributed by atoms with Gasteiger partial charge >= 0.3 is 0 Å². The van der Waals surface area contributed by atoms with Gasteiger partial charge in [-0.3, -0.25) is 0 Å². The van der Waals surface area contributed by atoms with Gasteiger partial charge in [0.05, 0.1) is 5.92 Å². The number of rotatable bonds is 2. The lowest BCUT2D eigenvalue weighted by Gasteiger charge is -2.03. The van der Waals surface area contributed by atoms with Gasteiger partial charge in [-0.15, -0.1) is 0 Å². The summed E-state index contributed by atoms with van der Waals surface area (Å²) in [7, 11) is 0. The van der Waals surface area contributed by atoms with Crippen LogP contribution in [0.4, 0.5) is 5.69 Å². The SMILES string of the molecule is Brc1ccccc1-c1noc(C2CNc3ccccc32)n1. The molecule has 5 heteroatoms. The van der Waals surface area contributed by atoms with E-state index in [1.54, 1.807) is 0 Å². The highest BCUT2D eigenvalue weighted by atomic mass is 79.9. The van der Waals surface area contributed by atoms with Crippen molar-refractivity contribution in [1.29, 1.82) is 0 Å². The number of aromatic nitrogens is 2. The number of hydrogen-bond acceptors (Lipinski definition) is 4. The van der Waals surface area contributed by atoms with Gasteiger partial charge in [-0.1, -0.05) is 51.4 Å². The van der Waals surface area contributed by atoms with Gasteiger partial charge in [0, 0.05) is 22.3 Å². The molecule has 0 aliphatic carbocycles. The van der Waals surface area contributed by atoms with Crippen molar-refractivity contribution in [3.63, 3.8) is 0 Å². The zero-order chi connectivity index (χ0) is 14.2. The van der Waals surface area contributed by atoms with Crippen LogP contribution in [0.5, 0.6) is 0 Å². The topological polar surface area (TPSA) is 51.0 Å². The van der Waals surface area contributed by atoms with Crippen molar-refractivity contribution in [3.8, 4) is 11.4 Å². The summed E-state index contributed by atoms with van der Waals surface area (Å²) in [6.07, 6.45) is 0. The first-order valence-corrected chi connectivity index (χ1v) is 7.53. The first-order chi connectivity index (χ1) is 10.3. The Hall–Kier alpha value is -2.14. The molecule has 104 valence electrons. The van der Waals surface area contributed by atoms with Gasteiger partial charge < -0.3 is 9.84 Å². The van der Waals surface area contributed by atoms with Crippen LogP contribution in [-0.4, -0.2) is 16.7 Å². The molecule has 1 unspecified atom stereocenters. The molecule has 0 saturated heterocycles. The molecule has 1 aromatic heterocycles. The number of benzene rings is 2. The summed E-state index contributed by atoms with van der Waals surface area (Å²) in [4.78, 5) is 4.57. The van der Waals surface area contributed by atoms with Crippen molar-refractivity contribution in [2.24, 2.45) is 0 Å². The standard InChI is InChI=1S/C16H12BrN3O/c17-13-7-3-1-6-11(13)15-19-16(21-20-15)12-9-18-14-8-4-2-5-10(12)14/h1-8,12,18H,9H2. The third-order valence-corrected chi connectivity index (χ3v) is 4.38. The number of hydrogen-bond donors (Lipinski definition) is 1. The van der Waals surface area contributed by atoms with Gasteiger partial charge in [-0.2, -0.15) is 4.98 Å². The molecule has 21 heavy (non-hydrogen) atoms. The molecule has 1 aliphatic heterocycles. The Morgan fingerprint density at radius 3 is 2.81 bits per heavy atom. The number of nitrogens with zero attached hydrogens (tertiary/aromatic N) is 2. The van der Waals surface area contributed by atoms with E-state index in [-0.39, 0.29) is 5.92 Å². The minimum absolute atomic E-state index is 0.116. The van der Waals surface area contributed by atoms with Gasteiger partial charge in [0.15, 0.2) is 0 Å². The Labute approximate surface area is 130 Å². The average Bonchev–Trinajstić information content (AvgIpc) is 3.14. The summed E-state index contributed by atoms with van der Waals surface area (Å²) in [5, 5.41) is 7.49. The molecule has 2 aromatic carbocycles. The molecule has 0 amide bonds. The van der Waals surface area contributed by atoms with E-state index in [0.29, 0.717) is 11.7 Å². The molecule has 3 aromatic rings. The van der Waals surface area contributed by atoms with Crippen LogP contribution in [0.2, 0.25) is 0 Å². The van der Waals surface area contributed by atoms with E-state index in [9.17, 15) is 0 Å². The Balaban J connectivity index is 1.72. The number of nitrogens with one attached hydrogen (secondary N) is 1. The number of halogens is 1. The molecule has 4 nitrogen and oxygen atoms in total. The zero-order valence-electron chi connectivity index (χ0n) is 11.1. The molecular formula is C16H12BrN3O. The van der Waals surface area contributed by atoms with E-state index in [2.05, 4.69) is 43.5 Å². The second-order valence-corrected chi connectivity index (χ2v) is 5.81. The van der Waals surface area contributed by atoms with Crippen LogP contribution in [0.25, 0.3) is 11.4 Å². The second kappa shape index (κ2) is 5.00. The molecule has 0 saturated carbocycles. The molecule has 0 radical (unpaired) electrons. The van der Waals surface area contributed by atoms with Crippen molar-refractivity contribution in [2.75, 3.05) is 11.9 Å². The molecule has 2 heterocycles. The second-order valence-electron chi connectivity index (χ2n) is 4.96. The van der Waals surface area contributed by atoms with E-state index >= 15 is 0 Å². The van der Waals surface area contributed by atoms with Gasteiger partial charge in [0.2, 0.25) is 11.7 Å². The highest BCUT2D eigenvalue weighted by Gasteiger charge is 2.28. The quantitative estimate of drug-likeness (QED) is 0.763.